The van der Waals surface area contributed by atoms with E-state index in [9.17, 15) is 4.79 Å². The quantitative estimate of drug-likeness (QED) is 0.801. The molecule has 2 rings (SSSR count). The molecular weight excluding hydrogens is 232 g/mol. The van der Waals surface area contributed by atoms with Crippen molar-refractivity contribution >= 4 is 11.9 Å². The molecule has 0 aromatic carbocycles. The van der Waals surface area contributed by atoms with Crippen molar-refractivity contribution in [1.82, 2.24) is 15.1 Å². The van der Waals surface area contributed by atoms with Crippen LogP contribution in [0.5, 0.6) is 0 Å². The van der Waals surface area contributed by atoms with Gasteiger partial charge >= 0.3 is 6.09 Å². The fourth-order valence-electron chi connectivity index (χ4n) is 2.15. The average Bonchev–Trinajstić information content (AvgIpc) is 2.81. The molecule has 1 atom stereocenters. The summed E-state index contributed by atoms with van der Waals surface area (Å²) in [6, 6.07) is 1.76. The van der Waals surface area contributed by atoms with Crippen LogP contribution in [0.25, 0.3) is 0 Å². The molecule has 1 aliphatic heterocycles. The lowest BCUT2D eigenvalue weighted by Crippen LogP contribution is -2.36. The van der Waals surface area contributed by atoms with E-state index in [2.05, 4.69) is 10.2 Å². The van der Waals surface area contributed by atoms with E-state index < -0.39 is 5.60 Å². The number of hydrogen-bond donors (Lipinski definition) is 2. The van der Waals surface area contributed by atoms with Gasteiger partial charge in [-0.05, 0) is 33.6 Å². The lowest BCUT2D eigenvalue weighted by atomic mass is 10.1. The minimum Gasteiger partial charge on any atom is -0.444 e. The molecule has 2 heterocycles. The fourth-order valence-corrected chi connectivity index (χ4v) is 2.15. The van der Waals surface area contributed by atoms with Crippen LogP contribution in [-0.4, -0.2) is 33.3 Å². The highest BCUT2D eigenvalue weighted by Crippen LogP contribution is 2.32. The molecule has 6 heteroatoms. The van der Waals surface area contributed by atoms with Gasteiger partial charge in [0.25, 0.3) is 0 Å². The number of likely N-dealkylation sites (tertiary alicyclic amines) is 1. The van der Waals surface area contributed by atoms with Crippen LogP contribution in [0.2, 0.25) is 0 Å². The fraction of sp³-hybridized carbons (Fsp3) is 0.667. The zero-order valence-corrected chi connectivity index (χ0v) is 11.1. The summed E-state index contributed by atoms with van der Waals surface area (Å²) in [6.07, 6.45) is 1.59. The van der Waals surface area contributed by atoms with Crippen molar-refractivity contribution in [3.8, 4) is 0 Å². The van der Waals surface area contributed by atoms with Crippen molar-refractivity contribution in [1.29, 1.82) is 0 Å². The monoisotopic (exact) mass is 252 g/mol. The number of carbonyl (C=O) groups excluding carboxylic acids is 1. The Bertz CT molecular complexity index is 436. The minimum absolute atomic E-state index is 0.00958. The number of aromatic amines is 1. The number of aromatic nitrogens is 2. The van der Waals surface area contributed by atoms with Crippen molar-refractivity contribution in [3.05, 3.63) is 11.8 Å². The van der Waals surface area contributed by atoms with Crippen molar-refractivity contribution in [2.45, 2.75) is 45.3 Å². The molecule has 0 aliphatic carbocycles. The highest BCUT2D eigenvalue weighted by Gasteiger charge is 2.34. The summed E-state index contributed by atoms with van der Waals surface area (Å²) in [5, 5.41) is 6.77. The van der Waals surface area contributed by atoms with Crippen LogP contribution in [0.1, 0.15) is 45.3 Å². The summed E-state index contributed by atoms with van der Waals surface area (Å²) >= 11 is 0. The maximum atomic E-state index is 12.1. The highest BCUT2D eigenvalue weighted by atomic mass is 16.6. The molecule has 1 aliphatic rings. The summed E-state index contributed by atoms with van der Waals surface area (Å²) in [5.41, 5.74) is 5.99. The van der Waals surface area contributed by atoms with Gasteiger partial charge in [0, 0.05) is 12.6 Å². The Kier molecular flexibility index (Phi) is 3.19. The van der Waals surface area contributed by atoms with Gasteiger partial charge in [0.05, 0.1) is 11.7 Å². The number of nitrogens with one attached hydrogen (secondary N) is 1. The Balaban J connectivity index is 2.10. The smallest absolute Gasteiger partial charge is 0.410 e. The number of H-pyrrole nitrogens is 1. The number of hydrogen-bond acceptors (Lipinski definition) is 4. The third-order valence-electron chi connectivity index (χ3n) is 2.86. The first-order chi connectivity index (χ1) is 8.37. The predicted molar refractivity (Wildman–Crippen MR) is 67.9 cm³/mol. The van der Waals surface area contributed by atoms with Crippen molar-refractivity contribution in [3.63, 3.8) is 0 Å². The van der Waals surface area contributed by atoms with Crippen LogP contribution in [-0.2, 0) is 4.74 Å². The maximum absolute atomic E-state index is 12.1. The second-order valence-electron chi connectivity index (χ2n) is 5.58. The molecule has 0 unspecified atom stereocenters. The number of ether oxygens (including phenoxy) is 1. The summed E-state index contributed by atoms with van der Waals surface area (Å²) in [6.45, 7) is 6.30. The number of nitrogen functional groups attached to an aromatic ring is 1. The summed E-state index contributed by atoms with van der Waals surface area (Å²) < 4.78 is 5.40. The molecule has 1 saturated heterocycles. The van der Waals surface area contributed by atoms with Crippen LogP contribution >= 0.6 is 0 Å². The number of amides is 1. The summed E-state index contributed by atoms with van der Waals surface area (Å²) in [7, 11) is 0. The van der Waals surface area contributed by atoms with E-state index in [0.29, 0.717) is 12.4 Å². The molecule has 100 valence electrons. The first-order valence-electron chi connectivity index (χ1n) is 6.17. The molecule has 1 fully saturated rings. The molecule has 1 aromatic rings. The van der Waals surface area contributed by atoms with E-state index in [-0.39, 0.29) is 12.1 Å². The van der Waals surface area contributed by atoms with Gasteiger partial charge in [-0.15, -0.1) is 0 Å². The van der Waals surface area contributed by atoms with Gasteiger partial charge in [0.1, 0.15) is 11.4 Å². The van der Waals surface area contributed by atoms with Crippen LogP contribution < -0.4 is 5.73 Å². The van der Waals surface area contributed by atoms with E-state index in [4.69, 9.17) is 10.5 Å². The maximum Gasteiger partial charge on any atom is 0.410 e. The second-order valence-corrected chi connectivity index (χ2v) is 5.58. The molecule has 0 radical (unpaired) electrons. The first-order valence-corrected chi connectivity index (χ1v) is 6.17. The van der Waals surface area contributed by atoms with Gasteiger partial charge in [0.15, 0.2) is 0 Å². The molecule has 1 amide bonds. The molecule has 18 heavy (non-hydrogen) atoms. The third-order valence-corrected chi connectivity index (χ3v) is 2.86. The van der Waals surface area contributed by atoms with Gasteiger partial charge < -0.3 is 10.5 Å². The van der Waals surface area contributed by atoms with Crippen LogP contribution in [0.15, 0.2) is 6.07 Å². The van der Waals surface area contributed by atoms with Gasteiger partial charge in [-0.1, -0.05) is 0 Å². The molecule has 0 saturated carbocycles. The average molecular weight is 252 g/mol. The molecule has 3 N–H and O–H groups in total. The summed E-state index contributed by atoms with van der Waals surface area (Å²) in [5.74, 6) is 0.445. The van der Waals surface area contributed by atoms with E-state index in [1.54, 1.807) is 11.0 Å². The minimum atomic E-state index is -0.475. The Morgan fingerprint density at radius 1 is 1.61 bits per heavy atom. The Morgan fingerprint density at radius 3 is 2.89 bits per heavy atom. The summed E-state index contributed by atoms with van der Waals surface area (Å²) in [4.78, 5) is 13.8. The van der Waals surface area contributed by atoms with E-state index in [1.807, 2.05) is 20.8 Å². The van der Waals surface area contributed by atoms with Crippen LogP contribution in [0.3, 0.4) is 0 Å². The second kappa shape index (κ2) is 4.51. The molecular formula is C12H20N4O2. The van der Waals surface area contributed by atoms with Gasteiger partial charge in [-0.2, -0.15) is 5.10 Å². The molecule has 1 aromatic heterocycles. The standard InChI is InChI=1S/C12H20N4O2/c1-12(2,3)18-11(17)16-6-4-5-9(16)8-7-10(13)15-14-8/h7,9H,4-6H2,1-3H3,(H3,13,14,15)/t9-/m1/s1. The van der Waals surface area contributed by atoms with Gasteiger partial charge in [0.2, 0.25) is 0 Å². The topological polar surface area (TPSA) is 84.2 Å². The van der Waals surface area contributed by atoms with E-state index in [1.165, 1.54) is 0 Å². The molecule has 0 bridgehead atoms. The zero-order chi connectivity index (χ0) is 13.3. The van der Waals surface area contributed by atoms with E-state index >= 15 is 0 Å². The Morgan fingerprint density at radius 2 is 2.33 bits per heavy atom. The Hall–Kier alpha value is -1.72. The van der Waals surface area contributed by atoms with Crippen molar-refractivity contribution < 1.29 is 9.53 Å². The van der Waals surface area contributed by atoms with Crippen molar-refractivity contribution in [2.75, 3.05) is 12.3 Å². The third kappa shape index (κ3) is 2.75. The normalized spacial score (nSPS) is 20.2. The number of rotatable bonds is 1. The number of nitrogens with zero attached hydrogens (tertiary/aromatic N) is 2. The van der Waals surface area contributed by atoms with Crippen molar-refractivity contribution in [2.24, 2.45) is 0 Å². The lowest BCUT2D eigenvalue weighted by molar-refractivity contribution is 0.0221. The highest BCUT2D eigenvalue weighted by molar-refractivity contribution is 5.69. The number of carbonyl (C=O) groups is 1. The van der Waals surface area contributed by atoms with Gasteiger partial charge in [-0.3, -0.25) is 10.00 Å². The lowest BCUT2D eigenvalue weighted by Gasteiger charge is -2.28. The molecule has 6 nitrogen and oxygen atoms in total. The zero-order valence-electron chi connectivity index (χ0n) is 11.1. The van der Waals surface area contributed by atoms with E-state index in [0.717, 1.165) is 18.5 Å². The Labute approximate surface area is 106 Å². The SMILES string of the molecule is CC(C)(C)OC(=O)N1CCC[C@@H]1c1cc(N)n[nH]1. The largest absolute Gasteiger partial charge is 0.444 e. The first kappa shape index (κ1) is 12.7. The predicted octanol–water partition coefficient (Wildman–Crippen LogP) is 2.06. The molecule has 0 spiro atoms. The van der Waals surface area contributed by atoms with Gasteiger partial charge in [-0.25, -0.2) is 4.79 Å². The van der Waals surface area contributed by atoms with Crippen LogP contribution in [0.4, 0.5) is 10.6 Å². The number of anilines is 1. The van der Waals surface area contributed by atoms with Crippen LogP contribution in [0, 0.1) is 0 Å². The number of nitrogens with two attached hydrogens (primary N) is 1.